The van der Waals surface area contributed by atoms with Gasteiger partial charge in [0.05, 0.1) is 13.2 Å². The van der Waals surface area contributed by atoms with Crippen LogP contribution >= 0.6 is 0 Å². The molecule has 11 heavy (non-hydrogen) atoms. The van der Waals surface area contributed by atoms with Crippen molar-refractivity contribution in [2.45, 2.75) is 19.3 Å². The van der Waals surface area contributed by atoms with Crippen molar-refractivity contribution in [2.75, 3.05) is 26.3 Å². The van der Waals surface area contributed by atoms with Gasteiger partial charge in [-0.1, -0.05) is 6.08 Å². The molecule has 2 heteroatoms. The van der Waals surface area contributed by atoms with Crippen LogP contribution in [-0.2, 0) is 4.74 Å². The molecule has 0 atom stereocenters. The zero-order valence-corrected chi connectivity index (χ0v) is 6.88. The lowest BCUT2D eigenvalue weighted by molar-refractivity contribution is 0.0526. The molecular weight excluding hydrogens is 138 g/mol. The molecule has 2 nitrogen and oxygen atoms in total. The Morgan fingerprint density at radius 1 is 1.27 bits per heavy atom. The van der Waals surface area contributed by atoms with Crippen LogP contribution in [0.2, 0.25) is 0 Å². The van der Waals surface area contributed by atoms with Crippen molar-refractivity contribution >= 4 is 0 Å². The second kappa shape index (κ2) is 3.26. The largest absolute Gasteiger partial charge is 0.378 e. The third-order valence-electron chi connectivity index (χ3n) is 2.43. The van der Waals surface area contributed by atoms with E-state index in [1.807, 2.05) is 0 Å². The highest BCUT2D eigenvalue weighted by atomic mass is 16.5. The van der Waals surface area contributed by atoms with E-state index in [0.717, 1.165) is 26.3 Å². The summed E-state index contributed by atoms with van der Waals surface area (Å²) < 4.78 is 5.29. The molecule has 0 aromatic rings. The Bertz CT molecular complexity index is 159. The number of rotatable bonds is 1. The van der Waals surface area contributed by atoms with E-state index in [2.05, 4.69) is 11.0 Å². The van der Waals surface area contributed by atoms with Gasteiger partial charge in [0, 0.05) is 18.8 Å². The lowest BCUT2D eigenvalue weighted by atomic mass is 10.3. The number of nitrogens with zero attached hydrogens (tertiary/aromatic N) is 1. The van der Waals surface area contributed by atoms with E-state index in [1.165, 1.54) is 19.3 Å². The maximum atomic E-state index is 5.29. The normalized spacial score (nSPS) is 25.5. The Kier molecular flexibility index (Phi) is 2.13. The van der Waals surface area contributed by atoms with Crippen LogP contribution in [0.4, 0.5) is 0 Å². The number of ether oxygens (including phenoxy) is 1. The summed E-state index contributed by atoms with van der Waals surface area (Å²) in [6, 6.07) is 0. The SMILES string of the molecule is C1=C(N2CCOCC2)CCC1. The first kappa shape index (κ1) is 7.17. The van der Waals surface area contributed by atoms with Gasteiger partial charge >= 0.3 is 0 Å². The van der Waals surface area contributed by atoms with Crippen LogP contribution in [0, 0.1) is 0 Å². The smallest absolute Gasteiger partial charge is 0.0642 e. The number of hydrogen-bond donors (Lipinski definition) is 0. The Morgan fingerprint density at radius 2 is 2.09 bits per heavy atom. The number of hydrogen-bond acceptors (Lipinski definition) is 2. The average molecular weight is 153 g/mol. The minimum atomic E-state index is 0.914. The van der Waals surface area contributed by atoms with Crippen molar-refractivity contribution in [1.82, 2.24) is 4.90 Å². The summed E-state index contributed by atoms with van der Waals surface area (Å²) in [6.45, 7) is 4.03. The van der Waals surface area contributed by atoms with Crippen LogP contribution in [0.5, 0.6) is 0 Å². The summed E-state index contributed by atoms with van der Waals surface area (Å²) in [6.07, 6.45) is 6.31. The maximum Gasteiger partial charge on any atom is 0.0642 e. The predicted molar refractivity (Wildman–Crippen MR) is 44.3 cm³/mol. The molecule has 0 N–H and O–H groups in total. The molecule has 1 aliphatic carbocycles. The minimum Gasteiger partial charge on any atom is -0.378 e. The predicted octanol–water partition coefficient (Wildman–Crippen LogP) is 1.39. The minimum absolute atomic E-state index is 0.914. The summed E-state index contributed by atoms with van der Waals surface area (Å²) in [7, 11) is 0. The maximum absolute atomic E-state index is 5.29. The molecule has 62 valence electrons. The molecule has 0 saturated carbocycles. The summed E-state index contributed by atoms with van der Waals surface area (Å²) in [4.78, 5) is 2.47. The van der Waals surface area contributed by atoms with Crippen LogP contribution in [0.3, 0.4) is 0 Å². The molecule has 1 aliphatic heterocycles. The van der Waals surface area contributed by atoms with E-state index in [0.29, 0.717) is 0 Å². The second-order valence-electron chi connectivity index (χ2n) is 3.19. The summed E-state index contributed by atoms with van der Waals surface area (Å²) in [5.74, 6) is 0. The van der Waals surface area contributed by atoms with E-state index in [-0.39, 0.29) is 0 Å². The van der Waals surface area contributed by atoms with Crippen LogP contribution in [0.1, 0.15) is 19.3 Å². The zero-order chi connectivity index (χ0) is 7.52. The van der Waals surface area contributed by atoms with Gasteiger partial charge in [0.15, 0.2) is 0 Å². The van der Waals surface area contributed by atoms with Crippen molar-refractivity contribution in [2.24, 2.45) is 0 Å². The molecule has 1 fully saturated rings. The van der Waals surface area contributed by atoms with Gasteiger partial charge in [-0.3, -0.25) is 0 Å². The van der Waals surface area contributed by atoms with E-state index in [4.69, 9.17) is 4.74 Å². The van der Waals surface area contributed by atoms with Crippen molar-refractivity contribution < 1.29 is 4.74 Å². The first-order valence-corrected chi connectivity index (χ1v) is 4.48. The molecule has 0 spiro atoms. The average Bonchev–Trinajstić information content (AvgIpc) is 2.58. The van der Waals surface area contributed by atoms with Crippen molar-refractivity contribution in [3.05, 3.63) is 11.8 Å². The molecule has 0 aromatic carbocycles. The summed E-state index contributed by atoms with van der Waals surface area (Å²) >= 11 is 0. The molecule has 1 saturated heterocycles. The van der Waals surface area contributed by atoms with Gasteiger partial charge in [-0.15, -0.1) is 0 Å². The molecule has 2 rings (SSSR count). The third kappa shape index (κ3) is 1.56. The van der Waals surface area contributed by atoms with E-state index < -0.39 is 0 Å². The van der Waals surface area contributed by atoms with Crippen LogP contribution < -0.4 is 0 Å². The van der Waals surface area contributed by atoms with Crippen molar-refractivity contribution in [3.63, 3.8) is 0 Å². The summed E-state index contributed by atoms with van der Waals surface area (Å²) in [5.41, 5.74) is 1.56. The van der Waals surface area contributed by atoms with Crippen molar-refractivity contribution in [3.8, 4) is 0 Å². The molecule has 0 bridgehead atoms. The van der Waals surface area contributed by atoms with E-state index >= 15 is 0 Å². The fourth-order valence-electron chi connectivity index (χ4n) is 1.79. The highest BCUT2D eigenvalue weighted by molar-refractivity contribution is 5.06. The molecule has 2 aliphatic rings. The van der Waals surface area contributed by atoms with Crippen LogP contribution in [-0.4, -0.2) is 31.2 Å². The van der Waals surface area contributed by atoms with Crippen LogP contribution in [0.25, 0.3) is 0 Å². The number of morpholine rings is 1. The standard InChI is InChI=1S/C9H15NO/c1-2-4-9(3-1)10-5-7-11-8-6-10/h3H,1-2,4-8H2. The molecular formula is C9H15NO. The second-order valence-corrected chi connectivity index (χ2v) is 3.19. The quantitative estimate of drug-likeness (QED) is 0.564. The molecule has 0 radical (unpaired) electrons. The molecule has 0 aromatic heterocycles. The zero-order valence-electron chi connectivity index (χ0n) is 6.88. The first-order valence-electron chi connectivity index (χ1n) is 4.48. The number of allylic oxidation sites excluding steroid dienone is 2. The highest BCUT2D eigenvalue weighted by Crippen LogP contribution is 2.21. The Balaban J connectivity index is 1.92. The Labute approximate surface area is 67.8 Å². The fraction of sp³-hybridized carbons (Fsp3) is 0.778. The van der Waals surface area contributed by atoms with Crippen molar-refractivity contribution in [1.29, 1.82) is 0 Å². The highest BCUT2D eigenvalue weighted by Gasteiger charge is 2.15. The van der Waals surface area contributed by atoms with Gasteiger partial charge in [0.2, 0.25) is 0 Å². The first-order chi connectivity index (χ1) is 5.47. The van der Waals surface area contributed by atoms with E-state index in [1.54, 1.807) is 5.70 Å². The van der Waals surface area contributed by atoms with Gasteiger partial charge in [0.25, 0.3) is 0 Å². The molecule has 0 amide bonds. The molecule has 1 heterocycles. The Morgan fingerprint density at radius 3 is 2.73 bits per heavy atom. The fourth-order valence-corrected chi connectivity index (χ4v) is 1.79. The van der Waals surface area contributed by atoms with Gasteiger partial charge in [-0.25, -0.2) is 0 Å². The van der Waals surface area contributed by atoms with Gasteiger partial charge in [-0.05, 0) is 19.3 Å². The topological polar surface area (TPSA) is 12.5 Å². The van der Waals surface area contributed by atoms with Gasteiger partial charge in [0.1, 0.15) is 0 Å². The monoisotopic (exact) mass is 153 g/mol. The Hall–Kier alpha value is -0.500. The third-order valence-corrected chi connectivity index (χ3v) is 2.43. The van der Waals surface area contributed by atoms with Crippen LogP contribution in [0.15, 0.2) is 11.8 Å². The summed E-state index contributed by atoms with van der Waals surface area (Å²) in [5, 5.41) is 0. The molecule has 0 unspecified atom stereocenters. The van der Waals surface area contributed by atoms with Gasteiger partial charge in [-0.2, -0.15) is 0 Å². The lowest BCUT2D eigenvalue weighted by Crippen LogP contribution is -2.35. The van der Waals surface area contributed by atoms with Gasteiger partial charge < -0.3 is 9.64 Å². The lowest BCUT2D eigenvalue weighted by Gasteiger charge is -2.29. The van der Waals surface area contributed by atoms with E-state index in [9.17, 15) is 0 Å².